The second kappa shape index (κ2) is 10.4. The molecule has 7 heteroatoms. The molecule has 0 saturated carbocycles. The minimum Gasteiger partial charge on any atom is -0.396 e. The lowest BCUT2D eigenvalue weighted by Crippen LogP contribution is -2.42. The number of fused-ring (bicyclic) bond motifs is 1. The van der Waals surface area contributed by atoms with E-state index in [2.05, 4.69) is 38.0 Å². The number of carbonyl (C=O) groups is 1. The quantitative estimate of drug-likeness (QED) is 0.290. The molecule has 7 nitrogen and oxygen atoms in total. The number of amides is 1. The molecule has 176 valence electrons. The largest absolute Gasteiger partial charge is 0.396 e. The molecule has 2 aromatic carbocycles. The van der Waals surface area contributed by atoms with Crippen molar-refractivity contribution in [2.24, 2.45) is 5.92 Å². The summed E-state index contributed by atoms with van der Waals surface area (Å²) >= 11 is 0. The Bertz CT molecular complexity index is 1380. The molecule has 5 rings (SSSR count). The molecule has 2 heterocycles. The highest BCUT2D eigenvalue weighted by Gasteiger charge is 2.24. The fraction of sp³-hybridized carbons (Fsp3) is 0.179. The molecular formula is C28H27N5O2. The fourth-order valence-electron chi connectivity index (χ4n) is 4.33. The number of carbonyl (C=O) groups excluding carboxylic acids is 1. The predicted octanol–water partition coefficient (Wildman–Crippen LogP) is 4.93. The van der Waals surface area contributed by atoms with E-state index in [4.69, 9.17) is 0 Å². The highest BCUT2D eigenvalue weighted by molar-refractivity contribution is 6.01. The van der Waals surface area contributed by atoms with Gasteiger partial charge >= 0.3 is 0 Å². The first-order chi connectivity index (χ1) is 17.2. The van der Waals surface area contributed by atoms with Crippen LogP contribution in [-0.4, -0.2) is 38.8 Å². The molecule has 35 heavy (non-hydrogen) atoms. The summed E-state index contributed by atoms with van der Waals surface area (Å²) in [5.74, 6) is -0.121. The number of rotatable bonds is 7. The van der Waals surface area contributed by atoms with E-state index in [9.17, 15) is 9.90 Å². The van der Waals surface area contributed by atoms with Crippen LogP contribution in [0.3, 0.4) is 0 Å². The highest BCUT2D eigenvalue weighted by atomic mass is 16.3. The number of anilines is 2. The van der Waals surface area contributed by atoms with Crippen LogP contribution in [0.25, 0.3) is 23.1 Å². The number of allylic oxidation sites excluding steroid dienone is 1. The summed E-state index contributed by atoms with van der Waals surface area (Å²) in [6, 6.07) is 19.1. The number of hydrogen-bond donors (Lipinski definition) is 4. The van der Waals surface area contributed by atoms with Crippen molar-refractivity contribution >= 4 is 40.3 Å². The van der Waals surface area contributed by atoms with Crippen LogP contribution in [0.15, 0.2) is 79.0 Å². The predicted molar refractivity (Wildman–Crippen MR) is 139 cm³/mol. The van der Waals surface area contributed by atoms with E-state index in [1.54, 1.807) is 12.3 Å². The lowest BCUT2D eigenvalue weighted by atomic mass is 9.89. The second-order valence-electron chi connectivity index (χ2n) is 8.59. The molecule has 0 fully saturated rings. The van der Waals surface area contributed by atoms with Gasteiger partial charge in [0.15, 0.2) is 0 Å². The number of benzene rings is 2. The van der Waals surface area contributed by atoms with Gasteiger partial charge in [0.05, 0.1) is 28.2 Å². The molecule has 0 unspecified atom stereocenters. The van der Waals surface area contributed by atoms with Gasteiger partial charge in [-0.1, -0.05) is 30.4 Å². The number of aliphatic hydroxyl groups is 1. The zero-order chi connectivity index (χ0) is 24.0. The third-order valence-corrected chi connectivity index (χ3v) is 6.26. The maximum atomic E-state index is 13.1. The van der Waals surface area contributed by atoms with E-state index in [1.807, 2.05) is 66.7 Å². The van der Waals surface area contributed by atoms with Crippen LogP contribution in [0, 0.1) is 5.92 Å². The summed E-state index contributed by atoms with van der Waals surface area (Å²) in [5.41, 5.74) is 4.70. The molecule has 0 aliphatic heterocycles. The van der Waals surface area contributed by atoms with Gasteiger partial charge in [0, 0.05) is 35.8 Å². The van der Waals surface area contributed by atoms with E-state index in [-0.39, 0.29) is 24.5 Å². The summed E-state index contributed by atoms with van der Waals surface area (Å²) in [5, 5.41) is 24.6. The van der Waals surface area contributed by atoms with Crippen LogP contribution in [0.2, 0.25) is 0 Å². The lowest BCUT2D eigenvalue weighted by molar-refractivity contribution is 0.0903. The van der Waals surface area contributed by atoms with Gasteiger partial charge in [-0.25, -0.2) is 0 Å². The summed E-state index contributed by atoms with van der Waals surface area (Å²) in [4.78, 5) is 17.4. The standard InChI is InChI=1S/C28H27N5O2/c34-18-19-7-1-3-10-24(19)31-28(35)23-9-2-4-11-25(23)30-21-12-14-22-26(32-33-27(22)17-21)15-13-20-8-5-6-16-29-20/h1-6,8-9,11-17,19,24,30,34H,7,10,18H2,(H,31,35)(H,32,33)/b15-13+/t19-,24-/m1/s1. The number of H-pyrrole nitrogens is 1. The van der Waals surface area contributed by atoms with E-state index in [0.29, 0.717) is 11.3 Å². The van der Waals surface area contributed by atoms with Crippen molar-refractivity contribution in [2.75, 3.05) is 11.9 Å². The van der Waals surface area contributed by atoms with Crippen molar-refractivity contribution in [3.63, 3.8) is 0 Å². The number of pyridine rings is 1. The first-order valence-corrected chi connectivity index (χ1v) is 11.7. The van der Waals surface area contributed by atoms with Gasteiger partial charge in [0.1, 0.15) is 0 Å². The first kappa shape index (κ1) is 22.6. The fourth-order valence-corrected chi connectivity index (χ4v) is 4.33. The van der Waals surface area contributed by atoms with Crippen molar-refractivity contribution in [1.29, 1.82) is 0 Å². The molecule has 1 aliphatic carbocycles. The molecule has 0 spiro atoms. The molecule has 2 aromatic heterocycles. The van der Waals surface area contributed by atoms with Gasteiger partial charge in [0.25, 0.3) is 5.91 Å². The van der Waals surface area contributed by atoms with Crippen LogP contribution in [0.4, 0.5) is 11.4 Å². The average Bonchev–Trinajstić information content (AvgIpc) is 3.31. The molecule has 2 atom stereocenters. The third kappa shape index (κ3) is 5.15. The lowest BCUT2D eigenvalue weighted by Gasteiger charge is -2.28. The van der Waals surface area contributed by atoms with Crippen LogP contribution in [0.5, 0.6) is 0 Å². The van der Waals surface area contributed by atoms with Crippen molar-refractivity contribution in [1.82, 2.24) is 20.5 Å². The number of aliphatic hydroxyl groups excluding tert-OH is 1. The summed E-state index contributed by atoms with van der Waals surface area (Å²) < 4.78 is 0. The van der Waals surface area contributed by atoms with Crippen LogP contribution in [0.1, 0.15) is 34.6 Å². The molecule has 0 bridgehead atoms. The second-order valence-corrected chi connectivity index (χ2v) is 8.59. The Labute approximate surface area is 203 Å². The third-order valence-electron chi connectivity index (χ3n) is 6.26. The first-order valence-electron chi connectivity index (χ1n) is 11.7. The average molecular weight is 466 g/mol. The van der Waals surface area contributed by atoms with Crippen molar-refractivity contribution < 1.29 is 9.90 Å². The summed E-state index contributed by atoms with van der Waals surface area (Å²) in [6.45, 7) is 0.0540. The van der Waals surface area contributed by atoms with Gasteiger partial charge < -0.3 is 15.7 Å². The topological polar surface area (TPSA) is 103 Å². The minimum absolute atomic E-state index is 0.0350. The van der Waals surface area contributed by atoms with Crippen LogP contribution < -0.4 is 10.6 Å². The summed E-state index contributed by atoms with van der Waals surface area (Å²) in [7, 11) is 0. The van der Waals surface area contributed by atoms with Crippen molar-refractivity contribution in [3.05, 3.63) is 96.0 Å². The molecule has 0 radical (unpaired) electrons. The number of aromatic nitrogens is 3. The smallest absolute Gasteiger partial charge is 0.253 e. The molecular weight excluding hydrogens is 438 g/mol. The molecule has 1 amide bonds. The maximum Gasteiger partial charge on any atom is 0.253 e. The van der Waals surface area contributed by atoms with Gasteiger partial charge in [-0.3, -0.25) is 14.9 Å². The number of hydrogen-bond acceptors (Lipinski definition) is 5. The number of aromatic amines is 1. The number of nitrogens with zero attached hydrogens (tertiary/aromatic N) is 2. The van der Waals surface area contributed by atoms with E-state index in [1.165, 1.54) is 0 Å². The normalized spacial score (nSPS) is 17.6. The maximum absolute atomic E-state index is 13.1. The molecule has 4 N–H and O–H groups in total. The number of para-hydroxylation sites is 1. The zero-order valence-corrected chi connectivity index (χ0v) is 19.2. The molecule has 1 aliphatic rings. The Balaban J connectivity index is 1.33. The number of nitrogens with one attached hydrogen (secondary N) is 3. The molecule has 4 aromatic rings. The van der Waals surface area contributed by atoms with Gasteiger partial charge in [-0.05, 0) is 67.5 Å². The van der Waals surface area contributed by atoms with E-state index < -0.39 is 0 Å². The Morgan fingerprint density at radius 1 is 1.06 bits per heavy atom. The zero-order valence-electron chi connectivity index (χ0n) is 19.2. The van der Waals surface area contributed by atoms with Gasteiger partial charge in [0.2, 0.25) is 0 Å². The monoisotopic (exact) mass is 465 g/mol. The molecule has 0 saturated heterocycles. The van der Waals surface area contributed by atoms with Gasteiger partial charge in [-0.2, -0.15) is 5.10 Å². The van der Waals surface area contributed by atoms with Crippen LogP contribution in [-0.2, 0) is 0 Å². The highest BCUT2D eigenvalue weighted by Crippen LogP contribution is 2.26. The van der Waals surface area contributed by atoms with E-state index in [0.717, 1.165) is 40.8 Å². The SMILES string of the molecule is O=C(N[C@@H]1CC=CC[C@@H]1CO)c1ccccc1Nc1ccc2c(/C=C/c3ccccn3)n[nH]c2c1. The van der Waals surface area contributed by atoms with Crippen molar-refractivity contribution in [2.45, 2.75) is 18.9 Å². The van der Waals surface area contributed by atoms with Crippen molar-refractivity contribution in [3.8, 4) is 0 Å². The minimum atomic E-state index is -0.156. The Morgan fingerprint density at radius 2 is 1.91 bits per heavy atom. The Hall–Kier alpha value is -4.23. The Kier molecular flexibility index (Phi) is 6.68. The van der Waals surface area contributed by atoms with Gasteiger partial charge in [-0.15, -0.1) is 0 Å². The van der Waals surface area contributed by atoms with E-state index >= 15 is 0 Å². The Morgan fingerprint density at radius 3 is 2.77 bits per heavy atom. The van der Waals surface area contributed by atoms with Crippen LogP contribution >= 0.6 is 0 Å². The summed E-state index contributed by atoms with van der Waals surface area (Å²) in [6.07, 6.45) is 11.2.